The van der Waals surface area contributed by atoms with Crippen molar-refractivity contribution in [1.29, 1.82) is 0 Å². The van der Waals surface area contributed by atoms with Gasteiger partial charge < -0.3 is 5.32 Å². The van der Waals surface area contributed by atoms with Crippen molar-refractivity contribution >= 4 is 27.5 Å². The number of nitrogens with zero attached hydrogens (tertiary/aromatic N) is 1. The highest BCUT2D eigenvalue weighted by Crippen LogP contribution is 2.36. The van der Waals surface area contributed by atoms with E-state index in [4.69, 9.17) is 0 Å². The minimum absolute atomic E-state index is 0.0695. The number of hydrogen-bond acceptors (Lipinski definition) is 4. The second-order valence-corrected chi connectivity index (χ2v) is 9.22. The van der Waals surface area contributed by atoms with Crippen LogP contribution in [-0.2, 0) is 10.0 Å². The van der Waals surface area contributed by atoms with Gasteiger partial charge in [0.05, 0.1) is 5.56 Å². The molecule has 1 fully saturated rings. The Balaban J connectivity index is 1.64. The molecule has 0 saturated heterocycles. The van der Waals surface area contributed by atoms with Crippen LogP contribution in [0.5, 0.6) is 0 Å². The summed E-state index contributed by atoms with van der Waals surface area (Å²) in [4.78, 5) is 25.3. The molecule has 7 heteroatoms. The number of sulfonamides is 1. The second kappa shape index (κ2) is 7.05. The lowest BCUT2D eigenvalue weighted by Gasteiger charge is -2.29. The summed E-state index contributed by atoms with van der Waals surface area (Å²) < 4.78 is 27.1. The molecule has 1 saturated carbocycles. The SMILES string of the molecule is Cc1cccc(NC(=O)c2ccc3c(c2)S(=O)(=O)N(C2CCCCC2)C3=O)c1. The molecule has 1 aliphatic carbocycles. The molecule has 146 valence electrons. The van der Waals surface area contributed by atoms with Gasteiger partial charge in [-0.25, -0.2) is 12.7 Å². The molecule has 0 radical (unpaired) electrons. The number of carbonyl (C=O) groups is 2. The van der Waals surface area contributed by atoms with Gasteiger partial charge in [-0.1, -0.05) is 31.4 Å². The molecule has 1 aliphatic heterocycles. The Morgan fingerprint density at radius 2 is 1.82 bits per heavy atom. The van der Waals surface area contributed by atoms with Crippen molar-refractivity contribution in [1.82, 2.24) is 4.31 Å². The minimum Gasteiger partial charge on any atom is -0.322 e. The molecule has 0 bridgehead atoms. The fraction of sp³-hybridized carbons (Fsp3) is 0.333. The molecule has 2 aliphatic rings. The summed E-state index contributed by atoms with van der Waals surface area (Å²) in [6.07, 6.45) is 4.29. The molecule has 0 spiro atoms. The number of benzene rings is 2. The zero-order valence-corrected chi connectivity index (χ0v) is 16.5. The fourth-order valence-corrected chi connectivity index (χ4v) is 5.83. The number of hydrogen-bond donors (Lipinski definition) is 1. The average molecular weight is 398 g/mol. The number of carbonyl (C=O) groups excluding carboxylic acids is 2. The van der Waals surface area contributed by atoms with E-state index in [1.165, 1.54) is 18.2 Å². The lowest BCUT2D eigenvalue weighted by Crippen LogP contribution is -2.40. The van der Waals surface area contributed by atoms with E-state index in [-0.39, 0.29) is 22.1 Å². The molecule has 2 aromatic rings. The van der Waals surface area contributed by atoms with Gasteiger partial charge in [-0.2, -0.15) is 0 Å². The molecule has 1 N–H and O–H groups in total. The van der Waals surface area contributed by atoms with E-state index in [0.29, 0.717) is 18.5 Å². The Morgan fingerprint density at radius 1 is 1.07 bits per heavy atom. The molecule has 28 heavy (non-hydrogen) atoms. The van der Waals surface area contributed by atoms with Crippen molar-refractivity contribution in [3.8, 4) is 0 Å². The van der Waals surface area contributed by atoms with Crippen LogP contribution in [0.1, 0.15) is 58.4 Å². The number of amides is 2. The van der Waals surface area contributed by atoms with E-state index >= 15 is 0 Å². The Hall–Kier alpha value is -2.67. The first-order valence-corrected chi connectivity index (χ1v) is 10.9. The van der Waals surface area contributed by atoms with Gasteiger partial charge in [-0.3, -0.25) is 9.59 Å². The normalized spacial score (nSPS) is 18.8. The third-order valence-corrected chi connectivity index (χ3v) is 7.27. The molecular formula is C21H22N2O4S. The topological polar surface area (TPSA) is 83.6 Å². The van der Waals surface area contributed by atoms with Crippen LogP contribution in [0.3, 0.4) is 0 Å². The molecular weight excluding hydrogens is 376 g/mol. The van der Waals surface area contributed by atoms with Gasteiger partial charge in [-0.15, -0.1) is 0 Å². The van der Waals surface area contributed by atoms with Gasteiger partial charge in [-0.05, 0) is 55.7 Å². The van der Waals surface area contributed by atoms with Crippen molar-refractivity contribution in [3.05, 3.63) is 59.2 Å². The summed E-state index contributed by atoms with van der Waals surface area (Å²) in [6, 6.07) is 11.3. The average Bonchev–Trinajstić information content (AvgIpc) is 2.88. The predicted molar refractivity (Wildman–Crippen MR) is 106 cm³/mol. The van der Waals surface area contributed by atoms with Gasteiger partial charge in [0.25, 0.3) is 21.8 Å². The Morgan fingerprint density at radius 3 is 2.54 bits per heavy atom. The number of nitrogens with one attached hydrogen (secondary N) is 1. The van der Waals surface area contributed by atoms with E-state index in [0.717, 1.165) is 29.1 Å². The summed E-state index contributed by atoms with van der Waals surface area (Å²) in [6.45, 7) is 1.92. The largest absolute Gasteiger partial charge is 0.322 e. The lowest BCUT2D eigenvalue weighted by atomic mass is 9.95. The Labute approximate surface area is 164 Å². The standard InChI is InChI=1S/C21H22N2O4S/c1-14-6-5-7-16(12-14)22-20(24)15-10-11-18-19(13-15)28(26,27)23(21(18)25)17-8-3-2-4-9-17/h5-7,10-13,17H,2-4,8-9H2,1H3,(H,22,24). The van der Waals surface area contributed by atoms with Crippen molar-refractivity contribution < 1.29 is 18.0 Å². The Bertz CT molecular complexity index is 1060. The lowest BCUT2D eigenvalue weighted by molar-refractivity contribution is 0.0809. The van der Waals surface area contributed by atoms with Gasteiger partial charge >= 0.3 is 0 Å². The quantitative estimate of drug-likeness (QED) is 0.854. The maximum absolute atomic E-state index is 13.0. The fourth-order valence-electron chi connectivity index (χ4n) is 3.99. The van der Waals surface area contributed by atoms with Crippen LogP contribution >= 0.6 is 0 Å². The third-order valence-electron chi connectivity index (χ3n) is 5.39. The second-order valence-electron chi connectivity index (χ2n) is 7.43. The maximum Gasteiger partial charge on any atom is 0.269 e. The minimum atomic E-state index is -3.93. The van der Waals surface area contributed by atoms with E-state index in [9.17, 15) is 18.0 Å². The zero-order chi connectivity index (χ0) is 19.9. The zero-order valence-electron chi connectivity index (χ0n) is 15.6. The van der Waals surface area contributed by atoms with Gasteiger partial charge in [0.2, 0.25) is 0 Å². The molecule has 0 aromatic heterocycles. The molecule has 2 aromatic carbocycles. The first-order chi connectivity index (χ1) is 13.4. The van der Waals surface area contributed by atoms with Crippen LogP contribution in [-0.4, -0.2) is 30.6 Å². The van der Waals surface area contributed by atoms with Crippen molar-refractivity contribution in [3.63, 3.8) is 0 Å². The van der Waals surface area contributed by atoms with Gasteiger partial charge in [0, 0.05) is 17.3 Å². The maximum atomic E-state index is 13.0. The highest BCUT2D eigenvalue weighted by molar-refractivity contribution is 7.90. The van der Waals surface area contributed by atoms with Crippen LogP contribution < -0.4 is 5.32 Å². The van der Waals surface area contributed by atoms with Crippen molar-refractivity contribution in [2.24, 2.45) is 0 Å². The van der Waals surface area contributed by atoms with Crippen LogP contribution in [0.25, 0.3) is 0 Å². The number of anilines is 1. The first kappa shape index (κ1) is 18.7. The van der Waals surface area contributed by atoms with Crippen molar-refractivity contribution in [2.45, 2.75) is 50.0 Å². The molecule has 0 atom stereocenters. The number of rotatable bonds is 3. The van der Waals surface area contributed by atoms with Gasteiger partial charge in [0.1, 0.15) is 4.90 Å². The Kier molecular flexibility index (Phi) is 4.71. The molecule has 4 rings (SSSR count). The first-order valence-electron chi connectivity index (χ1n) is 9.49. The van der Waals surface area contributed by atoms with Crippen molar-refractivity contribution in [2.75, 3.05) is 5.32 Å². The molecule has 2 amide bonds. The van der Waals surface area contributed by atoms with E-state index in [1.54, 1.807) is 6.07 Å². The highest BCUT2D eigenvalue weighted by Gasteiger charge is 2.45. The van der Waals surface area contributed by atoms with Crippen LogP contribution in [0.15, 0.2) is 47.4 Å². The van der Waals surface area contributed by atoms with E-state index in [2.05, 4.69) is 5.32 Å². The van der Waals surface area contributed by atoms with Crippen LogP contribution in [0.2, 0.25) is 0 Å². The summed E-state index contributed by atoms with van der Waals surface area (Å²) in [7, 11) is -3.93. The summed E-state index contributed by atoms with van der Waals surface area (Å²) in [5.74, 6) is -0.889. The third kappa shape index (κ3) is 3.20. The number of aryl methyl sites for hydroxylation is 1. The molecule has 1 heterocycles. The monoisotopic (exact) mass is 398 g/mol. The number of fused-ring (bicyclic) bond motifs is 1. The van der Waals surface area contributed by atoms with Crippen LogP contribution in [0.4, 0.5) is 5.69 Å². The van der Waals surface area contributed by atoms with Gasteiger partial charge in [0.15, 0.2) is 0 Å². The molecule has 0 unspecified atom stereocenters. The summed E-state index contributed by atoms with van der Waals surface area (Å²) in [5.41, 5.74) is 2.00. The highest BCUT2D eigenvalue weighted by atomic mass is 32.2. The summed E-state index contributed by atoms with van der Waals surface area (Å²) >= 11 is 0. The van der Waals surface area contributed by atoms with Crippen LogP contribution in [0, 0.1) is 6.92 Å². The smallest absolute Gasteiger partial charge is 0.269 e. The summed E-state index contributed by atoms with van der Waals surface area (Å²) in [5, 5.41) is 2.77. The molecule has 6 nitrogen and oxygen atoms in total. The predicted octanol–water partition coefficient (Wildman–Crippen LogP) is 3.72. The van der Waals surface area contributed by atoms with E-state index in [1.807, 2.05) is 25.1 Å². The van der Waals surface area contributed by atoms with E-state index < -0.39 is 21.8 Å².